The normalized spacial score (nSPS) is 11.0. The van der Waals surface area contributed by atoms with Gasteiger partial charge < -0.3 is 4.74 Å². The second-order valence-corrected chi connectivity index (χ2v) is 6.83. The van der Waals surface area contributed by atoms with Crippen molar-refractivity contribution in [1.29, 1.82) is 0 Å². The Balaban J connectivity index is 2.19. The molecule has 0 aromatic carbocycles. The smallest absolute Gasteiger partial charge is 0.359 e. The summed E-state index contributed by atoms with van der Waals surface area (Å²) >= 11 is 0.745. The van der Waals surface area contributed by atoms with E-state index in [1.54, 1.807) is 24.6 Å². The molecule has 0 bridgehead atoms. The van der Waals surface area contributed by atoms with Crippen LogP contribution in [0.4, 0.5) is 10.7 Å². The molecule has 2 N–H and O–H groups in total. The SMILES string of the molecule is COC(=O)c1nscc1S(=O)(=O)NC(=O)Nc1nc(C)cc(C)n1. The Kier molecular flexibility index (Phi) is 5.09. The van der Waals surface area contributed by atoms with Gasteiger partial charge in [0.2, 0.25) is 5.95 Å². The lowest BCUT2D eigenvalue weighted by atomic mass is 10.4. The van der Waals surface area contributed by atoms with Crippen molar-refractivity contribution < 1.29 is 22.7 Å². The molecular weight excluding hydrogens is 358 g/mol. The van der Waals surface area contributed by atoms with Crippen LogP contribution in [0.1, 0.15) is 21.9 Å². The lowest BCUT2D eigenvalue weighted by Crippen LogP contribution is -2.35. The first-order valence-electron chi connectivity index (χ1n) is 6.41. The molecular formula is C12H13N5O5S2. The Hall–Kier alpha value is -2.60. The van der Waals surface area contributed by atoms with E-state index < -0.39 is 32.6 Å². The van der Waals surface area contributed by atoms with Gasteiger partial charge in [0.05, 0.1) is 7.11 Å². The molecule has 12 heteroatoms. The number of amides is 2. The highest BCUT2D eigenvalue weighted by atomic mass is 32.2. The summed E-state index contributed by atoms with van der Waals surface area (Å²) in [6.07, 6.45) is 0. The predicted octanol–water partition coefficient (Wildman–Crippen LogP) is 0.847. The van der Waals surface area contributed by atoms with Gasteiger partial charge in [0.1, 0.15) is 4.90 Å². The standard InChI is InChI=1S/C12H13N5O5S2/c1-6-4-7(2)14-11(13-6)15-12(19)17-24(20,21)8-5-23-16-9(8)10(18)22-3/h4-5H,1-3H3,(H2,13,14,15,17,19). The van der Waals surface area contributed by atoms with Crippen LogP contribution in [0.2, 0.25) is 0 Å². The fourth-order valence-electron chi connectivity index (χ4n) is 1.74. The minimum atomic E-state index is -4.31. The van der Waals surface area contributed by atoms with E-state index in [0.717, 1.165) is 24.0 Å². The van der Waals surface area contributed by atoms with E-state index in [0.29, 0.717) is 11.4 Å². The van der Waals surface area contributed by atoms with Crippen LogP contribution >= 0.6 is 11.5 Å². The Labute approximate surface area is 141 Å². The first kappa shape index (κ1) is 17.7. The minimum absolute atomic E-state index is 0.0446. The van der Waals surface area contributed by atoms with Crippen molar-refractivity contribution >= 4 is 39.5 Å². The zero-order valence-corrected chi connectivity index (χ0v) is 14.5. The van der Waals surface area contributed by atoms with Crippen molar-refractivity contribution in [2.75, 3.05) is 12.4 Å². The number of nitrogens with one attached hydrogen (secondary N) is 2. The monoisotopic (exact) mass is 371 g/mol. The number of hydrogen-bond acceptors (Lipinski definition) is 9. The van der Waals surface area contributed by atoms with Crippen molar-refractivity contribution in [3.63, 3.8) is 0 Å². The highest BCUT2D eigenvalue weighted by Gasteiger charge is 2.28. The molecule has 10 nitrogen and oxygen atoms in total. The molecule has 0 radical (unpaired) electrons. The first-order valence-corrected chi connectivity index (χ1v) is 8.73. The summed E-state index contributed by atoms with van der Waals surface area (Å²) in [7, 11) is -3.22. The van der Waals surface area contributed by atoms with Crippen molar-refractivity contribution in [1.82, 2.24) is 19.1 Å². The van der Waals surface area contributed by atoms with Gasteiger partial charge in [-0.05, 0) is 31.4 Å². The molecule has 0 fully saturated rings. The maximum Gasteiger partial charge on any atom is 0.359 e. The number of methoxy groups -OCH3 is 1. The molecule has 2 rings (SSSR count). The Morgan fingerprint density at radius 2 is 1.83 bits per heavy atom. The number of sulfonamides is 1. The summed E-state index contributed by atoms with van der Waals surface area (Å²) in [6.45, 7) is 3.41. The number of nitrogens with zero attached hydrogens (tertiary/aromatic N) is 3. The summed E-state index contributed by atoms with van der Waals surface area (Å²) in [5.74, 6) is -0.966. The number of ether oxygens (including phenoxy) is 1. The van der Waals surface area contributed by atoms with Crippen molar-refractivity contribution in [3.05, 3.63) is 28.5 Å². The van der Waals surface area contributed by atoms with Gasteiger partial charge in [0.15, 0.2) is 5.69 Å². The molecule has 2 aromatic heterocycles. The molecule has 0 atom stereocenters. The number of hydrogen-bond donors (Lipinski definition) is 2. The van der Waals surface area contributed by atoms with Crippen LogP contribution in [0, 0.1) is 13.8 Å². The number of esters is 1. The van der Waals surface area contributed by atoms with Crippen molar-refractivity contribution in [2.24, 2.45) is 0 Å². The van der Waals surface area contributed by atoms with Gasteiger partial charge in [-0.1, -0.05) is 0 Å². The van der Waals surface area contributed by atoms with Crippen LogP contribution < -0.4 is 10.0 Å². The highest BCUT2D eigenvalue weighted by molar-refractivity contribution is 7.90. The van der Waals surface area contributed by atoms with Gasteiger partial charge in [-0.2, -0.15) is 4.37 Å². The number of rotatable bonds is 4. The maximum absolute atomic E-state index is 12.2. The van der Waals surface area contributed by atoms with Crippen LogP contribution in [0.15, 0.2) is 16.3 Å². The summed E-state index contributed by atoms with van der Waals surface area (Å²) in [5.41, 5.74) is 0.816. The maximum atomic E-state index is 12.2. The Morgan fingerprint density at radius 3 is 2.42 bits per heavy atom. The molecule has 0 spiro atoms. The first-order chi connectivity index (χ1) is 11.2. The molecule has 2 heterocycles. The molecule has 0 aliphatic heterocycles. The number of urea groups is 1. The van der Waals surface area contributed by atoms with E-state index in [2.05, 4.69) is 24.4 Å². The molecule has 0 saturated carbocycles. The van der Waals surface area contributed by atoms with E-state index in [1.807, 2.05) is 0 Å². The van der Waals surface area contributed by atoms with Gasteiger partial charge >= 0.3 is 12.0 Å². The van der Waals surface area contributed by atoms with Crippen LogP contribution in [-0.4, -0.2) is 41.9 Å². The number of carbonyl (C=O) groups is 2. The van der Waals surface area contributed by atoms with Crippen molar-refractivity contribution in [2.45, 2.75) is 18.7 Å². The molecule has 128 valence electrons. The summed E-state index contributed by atoms with van der Waals surface area (Å²) in [6, 6.07) is 0.626. The molecule has 2 amide bonds. The molecule has 0 unspecified atom stereocenters. The zero-order chi connectivity index (χ0) is 17.9. The van der Waals surface area contributed by atoms with E-state index in [1.165, 1.54) is 0 Å². The van der Waals surface area contributed by atoms with Crippen LogP contribution in [0.3, 0.4) is 0 Å². The Morgan fingerprint density at radius 1 is 1.21 bits per heavy atom. The number of aromatic nitrogens is 3. The predicted molar refractivity (Wildman–Crippen MR) is 84.3 cm³/mol. The van der Waals surface area contributed by atoms with E-state index in [-0.39, 0.29) is 5.95 Å². The van der Waals surface area contributed by atoms with E-state index >= 15 is 0 Å². The molecule has 2 aromatic rings. The minimum Gasteiger partial charge on any atom is -0.464 e. The van der Waals surface area contributed by atoms with E-state index in [4.69, 9.17) is 0 Å². The van der Waals surface area contributed by atoms with Crippen LogP contribution in [-0.2, 0) is 14.8 Å². The fraction of sp³-hybridized carbons (Fsp3) is 0.250. The molecule has 0 aliphatic rings. The molecule has 0 aliphatic carbocycles. The van der Waals surface area contributed by atoms with Gasteiger partial charge in [-0.25, -0.2) is 32.7 Å². The largest absolute Gasteiger partial charge is 0.464 e. The quantitative estimate of drug-likeness (QED) is 0.754. The van der Waals surface area contributed by atoms with Gasteiger partial charge in [-0.15, -0.1) is 0 Å². The number of carbonyl (C=O) groups excluding carboxylic acids is 2. The third-order valence-electron chi connectivity index (χ3n) is 2.64. The van der Waals surface area contributed by atoms with Gasteiger partial charge in [0.25, 0.3) is 10.0 Å². The number of anilines is 1. The lowest BCUT2D eigenvalue weighted by molar-refractivity contribution is 0.0591. The van der Waals surface area contributed by atoms with Gasteiger partial charge in [0, 0.05) is 16.8 Å². The summed E-state index contributed by atoms with van der Waals surface area (Å²) < 4.78 is 34.3. The fourth-order valence-corrected chi connectivity index (χ4v) is 3.76. The highest BCUT2D eigenvalue weighted by Crippen LogP contribution is 2.18. The van der Waals surface area contributed by atoms with Crippen LogP contribution in [0.25, 0.3) is 0 Å². The molecule has 24 heavy (non-hydrogen) atoms. The average molecular weight is 371 g/mol. The summed E-state index contributed by atoms with van der Waals surface area (Å²) in [5, 5.41) is 3.34. The van der Waals surface area contributed by atoms with Gasteiger partial charge in [-0.3, -0.25) is 5.32 Å². The van der Waals surface area contributed by atoms with Crippen molar-refractivity contribution in [3.8, 4) is 0 Å². The zero-order valence-electron chi connectivity index (χ0n) is 12.9. The number of aryl methyl sites for hydroxylation is 2. The second kappa shape index (κ2) is 6.88. The summed E-state index contributed by atoms with van der Waals surface area (Å²) in [4.78, 5) is 30.9. The van der Waals surface area contributed by atoms with Crippen LogP contribution in [0.5, 0.6) is 0 Å². The Bertz CT molecular complexity index is 873. The third-order valence-corrected chi connectivity index (χ3v) is 4.76. The van der Waals surface area contributed by atoms with E-state index in [9.17, 15) is 18.0 Å². The molecule has 0 saturated heterocycles. The lowest BCUT2D eigenvalue weighted by Gasteiger charge is -2.08. The third kappa shape index (κ3) is 4.02. The second-order valence-electron chi connectivity index (χ2n) is 4.55. The average Bonchev–Trinajstić information content (AvgIpc) is 2.94. The topological polar surface area (TPSA) is 140 Å².